The normalized spacial score (nSPS) is 18.9. The third kappa shape index (κ3) is 2.80. The zero-order valence-electron chi connectivity index (χ0n) is 4.05. The number of rotatable bonds is 2. The lowest BCUT2D eigenvalue weighted by molar-refractivity contribution is 0.169. The minimum absolute atomic E-state index is 0.274. The molecule has 1 atom stereocenters. The molecule has 0 aliphatic rings. The van der Waals surface area contributed by atoms with Crippen molar-refractivity contribution in [1.82, 2.24) is 0 Å². The highest BCUT2D eigenvalue weighted by molar-refractivity contribution is 6.18. The summed E-state index contributed by atoms with van der Waals surface area (Å²) in [5, 5.41) is 0. The van der Waals surface area contributed by atoms with Crippen molar-refractivity contribution in [3.8, 4) is 0 Å². The highest BCUT2D eigenvalue weighted by atomic mass is 35.5. The summed E-state index contributed by atoms with van der Waals surface area (Å²) in [5.74, 6) is -0.274. The largest absolute Gasteiger partial charge is 0.248 e. The monoisotopic (exact) mass is 128 g/mol. The fourth-order valence-electron chi connectivity index (χ4n) is 0.0357. The lowest BCUT2D eigenvalue weighted by Crippen LogP contribution is -2.22. The fraction of sp³-hybridized carbons (Fsp3) is 1.00. The maximum Gasteiger partial charge on any atom is 0.149 e. The predicted molar refractivity (Wildman–Crippen MR) is 26.2 cm³/mol. The zero-order valence-corrected chi connectivity index (χ0v) is 4.80. The maximum atomic E-state index is 12.0. The highest BCUT2D eigenvalue weighted by Crippen LogP contribution is 2.11. The average molecular weight is 129 g/mol. The fourth-order valence-corrected chi connectivity index (χ4v) is 0.107. The molecule has 0 spiro atoms. The van der Waals surface area contributed by atoms with Crippen molar-refractivity contribution >= 4 is 11.6 Å². The van der Waals surface area contributed by atoms with Crippen LogP contribution >= 0.6 is 11.6 Å². The molecule has 0 aromatic rings. The van der Waals surface area contributed by atoms with E-state index < -0.39 is 12.3 Å². The summed E-state index contributed by atoms with van der Waals surface area (Å²) in [6, 6.07) is 0. The van der Waals surface area contributed by atoms with E-state index in [1.165, 1.54) is 0 Å². The van der Waals surface area contributed by atoms with Gasteiger partial charge in [0.2, 0.25) is 0 Å². The van der Waals surface area contributed by atoms with Crippen LogP contribution in [0.1, 0.15) is 6.92 Å². The van der Waals surface area contributed by atoms with Crippen molar-refractivity contribution in [3.63, 3.8) is 0 Å². The number of hydrogen-bond donors (Lipinski definition) is 0. The highest BCUT2D eigenvalue weighted by Gasteiger charge is 2.20. The molecule has 0 aromatic heterocycles. The zero-order chi connectivity index (χ0) is 5.91. The van der Waals surface area contributed by atoms with E-state index in [1.54, 1.807) is 0 Å². The Morgan fingerprint density at radius 2 is 2.14 bits per heavy atom. The van der Waals surface area contributed by atoms with Crippen LogP contribution in [0.5, 0.6) is 0 Å². The van der Waals surface area contributed by atoms with Crippen LogP contribution in [0.2, 0.25) is 0 Å². The Labute approximate surface area is 46.5 Å². The van der Waals surface area contributed by atoms with Crippen molar-refractivity contribution in [2.45, 2.75) is 12.6 Å². The Morgan fingerprint density at radius 3 is 2.14 bits per heavy atom. The molecule has 0 bridgehead atoms. The van der Waals surface area contributed by atoms with E-state index in [4.69, 9.17) is 11.6 Å². The van der Waals surface area contributed by atoms with Crippen LogP contribution in [0.4, 0.5) is 8.78 Å². The molecule has 0 radical (unpaired) electrons. The summed E-state index contributed by atoms with van der Waals surface area (Å²) in [7, 11) is 0. The van der Waals surface area contributed by atoms with Gasteiger partial charge in [0.25, 0.3) is 0 Å². The third-order valence-electron chi connectivity index (χ3n) is 0.557. The van der Waals surface area contributed by atoms with Crippen molar-refractivity contribution in [2.24, 2.45) is 0 Å². The standard InChI is InChI=1S/C4H7ClF2/c1-4(7,2-5)3-6/h2-3H2,1H3. The van der Waals surface area contributed by atoms with E-state index in [1.807, 2.05) is 0 Å². The van der Waals surface area contributed by atoms with E-state index in [-0.39, 0.29) is 5.88 Å². The summed E-state index contributed by atoms with van der Waals surface area (Å²) in [4.78, 5) is 0. The topological polar surface area (TPSA) is 0 Å². The summed E-state index contributed by atoms with van der Waals surface area (Å²) in [6.45, 7) is 0.122. The smallest absolute Gasteiger partial charge is 0.149 e. The molecule has 7 heavy (non-hydrogen) atoms. The number of alkyl halides is 3. The summed E-state index contributed by atoms with van der Waals surface area (Å²) in [6.07, 6.45) is 0. The van der Waals surface area contributed by atoms with Gasteiger partial charge in [0.1, 0.15) is 12.3 Å². The Morgan fingerprint density at radius 1 is 1.71 bits per heavy atom. The predicted octanol–water partition coefficient (Wildman–Crippen LogP) is 1.92. The summed E-state index contributed by atoms with van der Waals surface area (Å²) in [5.41, 5.74) is -1.82. The van der Waals surface area contributed by atoms with Crippen LogP contribution in [0.15, 0.2) is 0 Å². The number of hydrogen-bond acceptors (Lipinski definition) is 0. The molecule has 0 N–H and O–H groups in total. The van der Waals surface area contributed by atoms with Gasteiger partial charge >= 0.3 is 0 Å². The van der Waals surface area contributed by atoms with Gasteiger partial charge < -0.3 is 0 Å². The van der Waals surface area contributed by atoms with Gasteiger partial charge in [-0.25, -0.2) is 8.78 Å². The second-order valence-electron chi connectivity index (χ2n) is 1.68. The minimum Gasteiger partial charge on any atom is -0.248 e. The Balaban J connectivity index is 3.36. The van der Waals surface area contributed by atoms with Crippen molar-refractivity contribution in [3.05, 3.63) is 0 Å². The van der Waals surface area contributed by atoms with Crippen molar-refractivity contribution in [1.29, 1.82) is 0 Å². The average Bonchev–Trinajstić information content (AvgIpc) is 1.68. The molecule has 3 heteroatoms. The van der Waals surface area contributed by atoms with Gasteiger partial charge in [-0.15, -0.1) is 11.6 Å². The molecular weight excluding hydrogens is 121 g/mol. The molecule has 44 valence electrons. The van der Waals surface area contributed by atoms with Crippen LogP contribution in [-0.4, -0.2) is 18.2 Å². The third-order valence-corrected chi connectivity index (χ3v) is 1.11. The lowest BCUT2D eigenvalue weighted by Gasteiger charge is -2.09. The second kappa shape index (κ2) is 2.46. The first-order valence-corrected chi connectivity index (χ1v) is 2.47. The van der Waals surface area contributed by atoms with Crippen LogP contribution in [0.25, 0.3) is 0 Å². The second-order valence-corrected chi connectivity index (χ2v) is 1.95. The molecule has 0 fully saturated rings. The molecule has 0 saturated heterocycles. The quantitative estimate of drug-likeness (QED) is 0.499. The van der Waals surface area contributed by atoms with Gasteiger partial charge in [-0.05, 0) is 6.92 Å². The number of halogens is 3. The molecule has 0 heterocycles. The van der Waals surface area contributed by atoms with E-state index in [2.05, 4.69) is 0 Å². The Kier molecular flexibility index (Phi) is 2.51. The van der Waals surface area contributed by atoms with E-state index in [0.717, 1.165) is 6.92 Å². The van der Waals surface area contributed by atoms with Crippen LogP contribution in [0, 0.1) is 0 Å². The Hall–Kier alpha value is 0.150. The van der Waals surface area contributed by atoms with Gasteiger partial charge in [0.15, 0.2) is 0 Å². The minimum atomic E-state index is -1.82. The summed E-state index contributed by atoms with van der Waals surface area (Å²) < 4.78 is 23.4. The van der Waals surface area contributed by atoms with Crippen LogP contribution in [0.3, 0.4) is 0 Å². The Bertz CT molecular complexity index is 47.7. The molecular formula is C4H7ClF2. The van der Waals surface area contributed by atoms with Crippen LogP contribution < -0.4 is 0 Å². The van der Waals surface area contributed by atoms with E-state index in [0.29, 0.717) is 0 Å². The molecule has 0 amide bonds. The van der Waals surface area contributed by atoms with Crippen molar-refractivity contribution < 1.29 is 8.78 Å². The lowest BCUT2D eigenvalue weighted by atomic mass is 10.2. The van der Waals surface area contributed by atoms with E-state index in [9.17, 15) is 8.78 Å². The summed E-state index contributed by atoms with van der Waals surface area (Å²) >= 11 is 4.98. The molecule has 0 aromatic carbocycles. The molecule has 0 nitrogen and oxygen atoms in total. The first kappa shape index (κ1) is 7.15. The van der Waals surface area contributed by atoms with Gasteiger partial charge in [0.05, 0.1) is 5.88 Å². The van der Waals surface area contributed by atoms with Gasteiger partial charge in [-0.2, -0.15) is 0 Å². The molecule has 0 rings (SSSR count). The first-order valence-electron chi connectivity index (χ1n) is 1.93. The first-order chi connectivity index (χ1) is 3.12. The molecule has 0 aliphatic carbocycles. The molecule has 0 saturated carbocycles. The van der Waals surface area contributed by atoms with Gasteiger partial charge in [-0.1, -0.05) is 0 Å². The molecule has 0 aliphatic heterocycles. The molecule has 1 unspecified atom stereocenters. The van der Waals surface area contributed by atoms with Gasteiger partial charge in [-0.3, -0.25) is 0 Å². The van der Waals surface area contributed by atoms with Crippen LogP contribution in [-0.2, 0) is 0 Å². The van der Waals surface area contributed by atoms with Crippen molar-refractivity contribution in [2.75, 3.05) is 12.6 Å². The van der Waals surface area contributed by atoms with E-state index >= 15 is 0 Å². The maximum absolute atomic E-state index is 12.0. The SMILES string of the molecule is CC(F)(CF)CCl. The van der Waals surface area contributed by atoms with Gasteiger partial charge in [0, 0.05) is 0 Å².